The van der Waals surface area contributed by atoms with Crippen LogP contribution in [0.4, 0.5) is 16.3 Å². The van der Waals surface area contributed by atoms with E-state index in [4.69, 9.17) is 0 Å². The number of amides is 2. The molecule has 0 aliphatic carbocycles. The monoisotopic (exact) mass is 353 g/mol. The smallest absolute Gasteiger partial charge is 0.321 e. The highest BCUT2D eigenvalue weighted by atomic mass is 16.2. The lowest BCUT2D eigenvalue weighted by Gasteiger charge is -2.37. The van der Waals surface area contributed by atoms with Gasteiger partial charge in [-0.15, -0.1) is 0 Å². The average molecular weight is 353 g/mol. The molecule has 0 unspecified atom stereocenters. The molecular formula is C20H27N5O. The number of rotatable bonds is 3. The number of urea groups is 1. The number of hydrogen-bond acceptors (Lipinski definition) is 4. The highest BCUT2D eigenvalue weighted by Crippen LogP contribution is 2.21. The first-order valence-corrected chi connectivity index (χ1v) is 9.08. The van der Waals surface area contributed by atoms with Crippen molar-refractivity contribution < 1.29 is 4.79 Å². The van der Waals surface area contributed by atoms with Crippen LogP contribution in [0.3, 0.4) is 0 Å². The van der Waals surface area contributed by atoms with Crippen molar-refractivity contribution in [2.24, 2.45) is 0 Å². The van der Waals surface area contributed by atoms with Crippen molar-refractivity contribution in [2.75, 3.05) is 30.4 Å². The van der Waals surface area contributed by atoms with Crippen molar-refractivity contribution in [3.63, 3.8) is 0 Å². The Morgan fingerprint density at radius 2 is 1.85 bits per heavy atom. The van der Waals surface area contributed by atoms with Gasteiger partial charge in [-0.3, -0.25) is 0 Å². The molecule has 138 valence electrons. The maximum absolute atomic E-state index is 12.5. The molecule has 0 atom stereocenters. The molecule has 1 saturated heterocycles. The van der Waals surface area contributed by atoms with Gasteiger partial charge in [0.2, 0.25) is 0 Å². The minimum atomic E-state index is -0.0211. The van der Waals surface area contributed by atoms with Crippen molar-refractivity contribution in [1.82, 2.24) is 14.9 Å². The topological polar surface area (TPSA) is 61.4 Å². The van der Waals surface area contributed by atoms with Crippen LogP contribution in [-0.2, 0) is 0 Å². The largest absolute Gasteiger partial charge is 0.356 e. The van der Waals surface area contributed by atoms with Crippen LogP contribution < -0.4 is 10.2 Å². The van der Waals surface area contributed by atoms with Crippen LogP contribution >= 0.6 is 0 Å². The second-order valence-corrected chi connectivity index (χ2v) is 7.08. The highest BCUT2D eigenvalue weighted by Gasteiger charge is 2.26. The van der Waals surface area contributed by atoms with E-state index in [2.05, 4.69) is 41.1 Å². The maximum Gasteiger partial charge on any atom is 0.321 e. The van der Waals surface area contributed by atoms with Crippen LogP contribution in [0, 0.1) is 20.8 Å². The molecule has 2 heterocycles. The van der Waals surface area contributed by atoms with Gasteiger partial charge in [0.1, 0.15) is 12.1 Å². The van der Waals surface area contributed by atoms with Crippen LogP contribution in [0.25, 0.3) is 0 Å². The third kappa shape index (κ3) is 4.12. The summed E-state index contributed by atoms with van der Waals surface area (Å²) in [6.45, 7) is 7.59. The second-order valence-electron chi connectivity index (χ2n) is 7.08. The van der Waals surface area contributed by atoms with Crippen LogP contribution in [-0.4, -0.2) is 47.1 Å². The molecule has 26 heavy (non-hydrogen) atoms. The zero-order valence-corrected chi connectivity index (χ0v) is 16.0. The van der Waals surface area contributed by atoms with Crippen LogP contribution in [0.15, 0.2) is 30.6 Å². The predicted molar refractivity (Wildman–Crippen MR) is 105 cm³/mol. The van der Waals surface area contributed by atoms with E-state index in [9.17, 15) is 4.79 Å². The molecule has 1 aliphatic heterocycles. The number of piperidine rings is 1. The number of hydrogen-bond donors (Lipinski definition) is 1. The molecule has 1 fully saturated rings. The molecule has 1 aromatic heterocycles. The maximum atomic E-state index is 12.5. The van der Waals surface area contributed by atoms with Crippen molar-refractivity contribution in [1.29, 1.82) is 0 Å². The fourth-order valence-electron chi connectivity index (χ4n) is 3.30. The Hall–Kier alpha value is -2.63. The molecule has 0 bridgehead atoms. The van der Waals surface area contributed by atoms with Crippen molar-refractivity contribution in [3.05, 3.63) is 47.4 Å². The van der Waals surface area contributed by atoms with E-state index >= 15 is 0 Å². The molecule has 0 saturated carbocycles. The zero-order chi connectivity index (χ0) is 18.7. The average Bonchev–Trinajstić information content (AvgIpc) is 2.64. The van der Waals surface area contributed by atoms with Crippen molar-refractivity contribution in [3.8, 4) is 0 Å². The summed E-state index contributed by atoms with van der Waals surface area (Å²) in [5.74, 6) is 0.940. The third-order valence-corrected chi connectivity index (χ3v) is 5.21. The lowest BCUT2D eigenvalue weighted by Crippen LogP contribution is -2.47. The molecular weight excluding hydrogens is 326 g/mol. The Kier molecular flexibility index (Phi) is 5.40. The number of carbonyl (C=O) groups is 1. The Morgan fingerprint density at radius 1 is 1.12 bits per heavy atom. The quantitative estimate of drug-likeness (QED) is 0.917. The van der Waals surface area contributed by atoms with Gasteiger partial charge < -0.3 is 15.1 Å². The van der Waals surface area contributed by atoms with Gasteiger partial charge in [-0.1, -0.05) is 6.07 Å². The summed E-state index contributed by atoms with van der Waals surface area (Å²) < 4.78 is 0. The number of benzene rings is 1. The van der Waals surface area contributed by atoms with Crippen molar-refractivity contribution >= 4 is 17.5 Å². The van der Waals surface area contributed by atoms with Crippen LogP contribution in [0.2, 0.25) is 0 Å². The van der Waals surface area contributed by atoms with E-state index in [0.717, 1.165) is 43.1 Å². The summed E-state index contributed by atoms with van der Waals surface area (Å²) in [5, 5.41) is 3.02. The summed E-state index contributed by atoms with van der Waals surface area (Å²) >= 11 is 0. The Labute approximate surface area is 155 Å². The first-order valence-electron chi connectivity index (χ1n) is 9.08. The van der Waals surface area contributed by atoms with Gasteiger partial charge in [0.25, 0.3) is 0 Å². The number of likely N-dealkylation sites (tertiary alicyclic amines) is 1. The number of aromatic nitrogens is 2. The fourth-order valence-corrected chi connectivity index (χ4v) is 3.30. The summed E-state index contributed by atoms with van der Waals surface area (Å²) in [5.41, 5.74) is 4.23. The summed E-state index contributed by atoms with van der Waals surface area (Å²) in [7, 11) is 2.07. The molecule has 0 radical (unpaired) electrons. The van der Waals surface area contributed by atoms with Gasteiger partial charge in [0.05, 0.1) is 0 Å². The lowest BCUT2D eigenvalue weighted by molar-refractivity contribution is 0.194. The molecule has 6 heteroatoms. The molecule has 3 rings (SSSR count). The molecule has 2 amide bonds. The predicted octanol–water partition coefficient (Wildman–Crippen LogP) is 3.53. The third-order valence-electron chi connectivity index (χ3n) is 5.21. The Balaban J connectivity index is 1.55. The Bertz CT molecular complexity index is 784. The van der Waals surface area contributed by atoms with Gasteiger partial charge in [0.15, 0.2) is 0 Å². The molecule has 0 spiro atoms. The summed E-state index contributed by atoms with van der Waals surface area (Å²) in [6, 6.07) is 8.38. The Morgan fingerprint density at radius 3 is 2.50 bits per heavy atom. The summed E-state index contributed by atoms with van der Waals surface area (Å²) in [4.78, 5) is 25.1. The number of anilines is 2. The highest BCUT2D eigenvalue weighted by molar-refractivity contribution is 5.89. The summed E-state index contributed by atoms with van der Waals surface area (Å²) in [6.07, 6.45) is 3.47. The second kappa shape index (κ2) is 7.72. The van der Waals surface area contributed by atoms with Gasteiger partial charge in [-0.05, 0) is 56.9 Å². The minimum Gasteiger partial charge on any atom is -0.356 e. The van der Waals surface area contributed by atoms with Gasteiger partial charge in [-0.25, -0.2) is 14.8 Å². The van der Waals surface area contributed by atoms with Gasteiger partial charge in [0, 0.05) is 43.6 Å². The van der Waals surface area contributed by atoms with Gasteiger partial charge in [-0.2, -0.15) is 0 Å². The first kappa shape index (κ1) is 18.2. The zero-order valence-electron chi connectivity index (χ0n) is 16.0. The van der Waals surface area contributed by atoms with Crippen LogP contribution in [0.1, 0.15) is 29.7 Å². The molecule has 1 N–H and O–H groups in total. The molecule has 1 aromatic carbocycles. The van der Waals surface area contributed by atoms with Crippen molar-refractivity contribution in [2.45, 2.75) is 39.7 Å². The number of aryl methyl sites for hydroxylation is 3. The first-order chi connectivity index (χ1) is 12.4. The minimum absolute atomic E-state index is 0.0211. The van der Waals surface area contributed by atoms with E-state index in [0.29, 0.717) is 6.04 Å². The standard InChI is InChI=1S/C20H27N5O/c1-14-5-6-17(11-15(14)2)23-20(26)25-9-7-18(8-10-25)24(4)19-12-16(3)21-13-22-19/h5-6,11-13,18H,7-10H2,1-4H3,(H,23,26). The molecule has 2 aromatic rings. The molecule has 1 aliphatic rings. The van der Waals surface area contributed by atoms with Crippen LogP contribution in [0.5, 0.6) is 0 Å². The van der Waals surface area contributed by atoms with Gasteiger partial charge >= 0.3 is 6.03 Å². The van der Waals surface area contributed by atoms with E-state index in [1.54, 1.807) is 6.33 Å². The van der Waals surface area contributed by atoms with E-state index < -0.39 is 0 Å². The number of nitrogens with one attached hydrogen (secondary N) is 1. The normalized spacial score (nSPS) is 15.0. The SMILES string of the molecule is Cc1cc(N(C)C2CCN(C(=O)Nc3ccc(C)c(C)c3)CC2)ncn1. The fraction of sp³-hybridized carbons (Fsp3) is 0.450. The number of carbonyl (C=O) groups excluding carboxylic acids is 1. The van der Waals surface area contributed by atoms with E-state index in [1.165, 1.54) is 11.1 Å². The lowest BCUT2D eigenvalue weighted by atomic mass is 10.0. The van der Waals surface area contributed by atoms with E-state index in [1.807, 2.05) is 36.1 Å². The number of nitrogens with zero attached hydrogens (tertiary/aromatic N) is 4. The molecule has 6 nitrogen and oxygen atoms in total. The van der Waals surface area contributed by atoms with E-state index in [-0.39, 0.29) is 6.03 Å².